The standard InChI is InChI=1S/C16H16F6O5Si/c1-9(15(17,18)19)25-13(26-14(24)16(20,21)22)11-8-6-5-7-10(11)12(23)27-28(2,3)4/h5-8,13H,1H2,2-4H3. The highest BCUT2D eigenvalue weighted by atomic mass is 28.4. The molecule has 0 bridgehead atoms. The molecule has 1 aromatic rings. The summed E-state index contributed by atoms with van der Waals surface area (Å²) in [4.78, 5) is 23.4. The molecule has 0 aliphatic rings. The van der Waals surface area contributed by atoms with Gasteiger partial charge in [-0.2, -0.15) is 26.3 Å². The van der Waals surface area contributed by atoms with E-state index in [0.717, 1.165) is 12.1 Å². The molecular weight excluding hydrogens is 414 g/mol. The summed E-state index contributed by atoms with van der Waals surface area (Å²) in [5, 5.41) is 0. The topological polar surface area (TPSA) is 61.8 Å². The molecule has 12 heteroatoms. The predicted molar refractivity (Wildman–Crippen MR) is 86.4 cm³/mol. The van der Waals surface area contributed by atoms with Crippen LogP contribution in [0, 0.1) is 0 Å². The van der Waals surface area contributed by atoms with Crippen LogP contribution in [0.4, 0.5) is 26.3 Å². The molecule has 0 saturated heterocycles. The predicted octanol–water partition coefficient (Wildman–Crippen LogP) is 4.88. The molecule has 1 aromatic carbocycles. The Kier molecular flexibility index (Phi) is 6.93. The molecule has 0 heterocycles. The first-order valence-electron chi connectivity index (χ1n) is 7.55. The number of carbonyl (C=O) groups is 2. The monoisotopic (exact) mass is 430 g/mol. The lowest BCUT2D eigenvalue weighted by atomic mass is 10.1. The van der Waals surface area contributed by atoms with Crippen molar-refractivity contribution in [3.63, 3.8) is 0 Å². The molecule has 28 heavy (non-hydrogen) atoms. The smallest absolute Gasteiger partial charge is 0.491 e. The Labute approximate surface area is 157 Å². The number of carbonyl (C=O) groups excluding carboxylic acids is 2. The van der Waals surface area contributed by atoms with Gasteiger partial charge in [-0.3, -0.25) is 0 Å². The van der Waals surface area contributed by atoms with Crippen LogP contribution >= 0.6 is 0 Å². The number of ether oxygens (including phenoxy) is 2. The Balaban J connectivity index is 3.36. The van der Waals surface area contributed by atoms with Gasteiger partial charge in [0.05, 0.1) is 5.56 Å². The van der Waals surface area contributed by atoms with Crippen molar-refractivity contribution in [3.8, 4) is 0 Å². The van der Waals surface area contributed by atoms with E-state index in [9.17, 15) is 35.9 Å². The average molecular weight is 430 g/mol. The maximum absolute atomic E-state index is 12.7. The summed E-state index contributed by atoms with van der Waals surface area (Å²) in [5.74, 6) is -5.73. The van der Waals surface area contributed by atoms with E-state index in [-0.39, 0.29) is 0 Å². The van der Waals surface area contributed by atoms with E-state index in [0.29, 0.717) is 0 Å². The van der Waals surface area contributed by atoms with Gasteiger partial charge in [0.15, 0.2) is 5.76 Å². The number of esters is 1. The molecule has 0 aliphatic carbocycles. The average Bonchev–Trinajstić information content (AvgIpc) is 2.50. The summed E-state index contributed by atoms with van der Waals surface area (Å²) in [6, 6.07) is 4.56. The number of halogens is 6. The summed E-state index contributed by atoms with van der Waals surface area (Å²) in [7, 11) is -2.46. The van der Waals surface area contributed by atoms with Crippen LogP contribution < -0.4 is 0 Å². The van der Waals surface area contributed by atoms with Crippen molar-refractivity contribution in [3.05, 3.63) is 47.7 Å². The van der Waals surface area contributed by atoms with Gasteiger partial charge in [0, 0.05) is 5.56 Å². The van der Waals surface area contributed by atoms with E-state index < -0.39 is 55.8 Å². The fourth-order valence-corrected chi connectivity index (χ4v) is 2.40. The van der Waals surface area contributed by atoms with Crippen LogP contribution in [0.3, 0.4) is 0 Å². The molecule has 1 rings (SSSR count). The van der Waals surface area contributed by atoms with Crippen LogP contribution in [0.1, 0.15) is 22.2 Å². The van der Waals surface area contributed by atoms with Gasteiger partial charge >= 0.3 is 24.3 Å². The molecule has 0 N–H and O–H groups in total. The van der Waals surface area contributed by atoms with Crippen molar-refractivity contribution in [1.82, 2.24) is 0 Å². The number of rotatable bonds is 6. The van der Waals surface area contributed by atoms with Crippen LogP contribution in [-0.4, -0.2) is 32.6 Å². The fourth-order valence-electron chi connectivity index (χ4n) is 1.73. The Morgan fingerprint density at radius 3 is 1.96 bits per heavy atom. The van der Waals surface area contributed by atoms with Crippen LogP contribution in [0.2, 0.25) is 19.6 Å². The van der Waals surface area contributed by atoms with Gasteiger partial charge in [0.1, 0.15) is 0 Å². The van der Waals surface area contributed by atoms with E-state index in [1.807, 2.05) is 0 Å². The van der Waals surface area contributed by atoms with Crippen molar-refractivity contribution >= 4 is 20.3 Å². The minimum atomic E-state index is -5.51. The molecule has 1 unspecified atom stereocenters. The summed E-state index contributed by atoms with van der Waals surface area (Å²) < 4.78 is 89.2. The van der Waals surface area contributed by atoms with E-state index in [1.165, 1.54) is 12.1 Å². The lowest BCUT2D eigenvalue weighted by Crippen LogP contribution is -2.31. The molecule has 156 valence electrons. The zero-order chi connectivity index (χ0) is 21.9. The molecule has 0 spiro atoms. The molecule has 0 saturated carbocycles. The largest absolute Gasteiger partial charge is 0.516 e. The third-order valence-electron chi connectivity index (χ3n) is 2.84. The van der Waals surface area contributed by atoms with Gasteiger partial charge in [-0.15, -0.1) is 0 Å². The van der Waals surface area contributed by atoms with Gasteiger partial charge in [-0.05, 0) is 25.7 Å². The SMILES string of the molecule is C=C(OC(OC(=O)C(F)(F)F)c1ccccc1C(=O)O[Si](C)(C)C)C(F)(F)F. The first-order valence-corrected chi connectivity index (χ1v) is 11.0. The second-order valence-corrected chi connectivity index (χ2v) is 10.8. The van der Waals surface area contributed by atoms with Crippen molar-refractivity contribution in [2.45, 2.75) is 38.3 Å². The summed E-state index contributed by atoms with van der Waals surface area (Å²) in [6.45, 7) is 7.47. The minimum absolute atomic E-state index is 0.417. The zero-order valence-corrected chi connectivity index (χ0v) is 15.9. The Hall–Kier alpha value is -2.50. The van der Waals surface area contributed by atoms with Gasteiger partial charge in [0.25, 0.3) is 6.29 Å². The maximum atomic E-state index is 12.7. The van der Waals surface area contributed by atoms with Gasteiger partial charge in [0.2, 0.25) is 8.32 Å². The van der Waals surface area contributed by atoms with E-state index in [1.54, 1.807) is 19.6 Å². The molecule has 0 aliphatic heterocycles. The number of hydrogen-bond acceptors (Lipinski definition) is 5. The highest BCUT2D eigenvalue weighted by molar-refractivity contribution is 6.71. The molecule has 1 atom stereocenters. The van der Waals surface area contributed by atoms with Crippen molar-refractivity contribution in [2.75, 3.05) is 0 Å². The van der Waals surface area contributed by atoms with Crippen LogP contribution in [0.5, 0.6) is 0 Å². The minimum Gasteiger partial charge on any atom is -0.516 e. The molecule has 0 radical (unpaired) electrons. The fraction of sp³-hybridized carbons (Fsp3) is 0.375. The normalized spacial score (nSPS) is 13.5. The van der Waals surface area contributed by atoms with Gasteiger partial charge < -0.3 is 13.9 Å². The summed E-state index contributed by atoms with van der Waals surface area (Å²) in [6.07, 6.45) is -13.2. The lowest BCUT2D eigenvalue weighted by molar-refractivity contribution is -0.232. The molecule has 0 fully saturated rings. The Bertz CT molecular complexity index is 723. The Morgan fingerprint density at radius 2 is 1.50 bits per heavy atom. The number of alkyl halides is 6. The first kappa shape index (κ1) is 23.5. The van der Waals surface area contributed by atoms with Crippen molar-refractivity contribution in [2.24, 2.45) is 0 Å². The Morgan fingerprint density at radius 1 is 0.964 bits per heavy atom. The summed E-state index contributed by atoms with van der Waals surface area (Å²) >= 11 is 0. The van der Waals surface area contributed by atoms with E-state index in [4.69, 9.17) is 4.43 Å². The van der Waals surface area contributed by atoms with Crippen molar-refractivity contribution < 1.29 is 49.8 Å². The third-order valence-corrected chi connectivity index (χ3v) is 3.64. The van der Waals surface area contributed by atoms with Crippen LogP contribution in [-0.2, 0) is 18.7 Å². The molecule has 5 nitrogen and oxygen atoms in total. The van der Waals surface area contributed by atoms with Gasteiger partial charge in [-0.25, -0.2) is 9.59 Å². The number of hydrogen-bond donors (Lipinski definition) is 0. The summed E-state index contributed by atoms with van der Waals surface area (Å²) in [5.41, 5.74) is -0.978. The van der Waals surface area contributed by atoms with Crippen molar-refractivity contribution in [1.29, 1.82) is 0 Å². The molecular formula is C16H16F6O5Si. The third kappa shape index (κ3) is 6.91. The van der Waals surface area contributed by atoms with Gasteiger partial charge in [-0.1, -0.05) is 24.8 Å². The first-order chi connectivity index (χ1) is 12.5. The molecule has 0 amide bonds. The number of benzene rings is 1. The van der Waals surface area contributed by atoms with Crippen LogP contribution in [0.15, 0.2) is 36.6 Å². The lowest BCUT2D eigenvalue weighted by Gasteiger charge is -2.24. The highest BCUT2D eigenvalue weighted by Crippen LogP contribution is 2.34. The maximum Gasteiger partial charge on any atom is 0.491 e. The van der Waals surface area contributed by atoms with E-state index in [2.05, 4.69) is 16.1 Å². The van der Waals surface area contributed by atoms with E-state index >= 15 is 0 Å². The quantitative estimate of drug-likeness (QED) is 0.212. The van der Waals surface area contributed by atoms with Crippen LogP contribution in [0.25, 0.3) is 0 Å². The highest BCUT2D eigenvalue weighted by Gasteiger charge is 2.45. The number of allylic oxidation sites excluding steroid dienone is 1. The zero-order valence-electron chi connectivity index (χ0n) is 14.9. The second-order valence-electron chi connectivity index (χ2n) is 6.36. The molecule has 0 aromatic heterocycles. The second kappa shape index (κ2) is 8.25.